The van der Waals surface area contributed by atoms with Crippen LogP contribution in [0.3, 0.4) is 0 Å². The molecule has 0 aromatic heterocycles. The lowest BCUT2D eigenvalue weighted by Gasteiger charge is -2.16. The van der Waals surface area contributed by atoms with Gasteiger partial charge in [-0.1, -0.05) is 66.7 Å². The third-order valence-corrected chi connectivity index (χ3v) is 5.07. The van der Waals surface area contributed by atoms with Crippen LogP contribution < -0.4 is 16.0 Å². The van der Waals surface area contributed by atoms with Gasteiger partial charge in [0.1, 0.15) is 0 Å². The van der Waals surface area contributed by atoms with E-state index in [1.165, 1.54) is 4.90 Å². The molecule has 3 N–H and O–H groups in total. The smallest absolute Gasteiger partial charge is 0.251 e. The number of nitrogens with two attached hydrogens (primary N) is 1. The minimum absolute atomic E-state index is 0.150. The molecule has 3 aromatic rings. The SMILES string of the molecule is Nc1cccc(CNC2CC(=O)N(c3ccc(/C=C/c4ccccc4)cc3)C2=O)c1. The van der Waals surface area contributed by atoms with Crippen LogP contribution in [-0.2, 0) is 16.1 Å². The first-order valence-electron chi connectivity index (χ1n) is 9.88. The van der Waals surface area contributed by atoms with Gasteiger partial charge < -0.3 is 11.1 Å². The van der Waals surface area contributed by atoms with Gasteiger partial charge in [0, 0.05) is 12.2 Å². The Morgan fingerprint density at radius 1 is 0.900 bits per heavy atom. The highest BCUT2D eigenvalue weighted by Crippen LogP contribution is 2.24. The molecule has 0 bridgehead atoms. The van der Waals surface area contributed by atoms with Crippen LogP contribution in [0.15, 0.2) is 78.9 Å². The number of anilines is 2. The van der Waals surface area contributed by atoms with Crippen LogP contribution in [0.4, 0.5) is 11.4 Å². The predicted molar refractivity (Wildman–Crippen MR) is 120 cm³/mol. The van der Waals surface area contributed by atoms with Gasteiger partial charge in [-0.25, -0.2) is 4.90 Å². The van der Waals surface area contributed by atoms with Gasteiger partial charge in [-0.3, -0.25) is 9.59 Å². The summed E-state index contributed by atoms with van der Waals surface area (Å²) in [6.07, 6.45) is 4.18. The number of nitrogens with zero attached hydrogens (tertiary/aromatic N) is 1. The zero-order valence-corrected chi connectivity index (χ0v) is 16.5. The number of rotatable bonds is 6. The lowest BCUT2D eigenvalue weighted by Crippen LogP contribution is -2.38. The molecule has 4 rings (SSSR count). The van der Waals surface area contributed by atoms with Crippen LogP contribution in [0.1, 0.15) is 23.1 Å². The molecule has 1 heterocycles. The molecule has 1 fully saturated rings. The molecule has 30 heavy (non-hydrogen) atoms. The van der Waals surface area contributed by atoms with Crippen LogP contribution in [0.25, 0.3) is 12.2 Å². The zero-order valence-electron chi connectivity index (χ0n) is 16.5. The van der Waals surface area contributed by atoms with E-state index >= 15 is 0 Å². The number of amides is 2. The summed E-state index contributed by atoms with van der Waals surface area (Å²) in [7, 11) is 0. The van der Waals surface area contributed by atoms with Gasteiger partial charge in [-0.05, 0) is 41.0 Å². The lowest BCUT2D eigenvalue weighted by molar-refractivity contribution is -0.121. The molecule has 3 aromatic carbocycles. The first kappa shape index (κ1) is 19.6. The first-order valence-corrected chi connectivity index (χ1v) is 9.88. The van der Waals surface area contributed by atoms with Gasteiger partial charge in [0.25, 0.3) is 5.91 Å². The second-order valence-corrected chi connectivity index (χ2v) is 7.29. The van der Waals surface area contributed by atoms with Crippen molar-refractivity contribution < 1.29 is 9.59 Å². The average Bonchev–Trinajstić information content (AvgIpc) is 3.05. The molecular weight excluding hydrogens is 374 g/mol. The molecule has 0 aliphatic carbocycles. The quantitative estimate of drug-likeness (QED) is 0.376. The minimum atomic E-state index is -0.531. The van der Waals surface area contributed by atoms with Crippen molar-refractivity contribution in [2.24, 2.45) is 0 Å². The second-order valence-electron chi connectivity index (χ2n) is 7.29. The van der Waals surface area contributed by atoms with Crippen molar-refractivity contribution in [1.29, 1.82) is 0 Å². The van der Waals surface area contributed by atoms with E-state index in [4.69, 9.17) is 5.73 Å². The summed E-state index contributed by atoms with van der Waals surface area (Å²) in [5.41, 5.74) is 10.1. The largest absolute Gasteiger partial charge is 0.399 e. The van der Waals surface area contributed by atoms with Crippen molar-refractivity contribution in [2.75, 3.05) is 10.6 Å². The highest BCUT2D eigenvalue weighted by molar-refractivity contribution is 6.22. The number of carbonyl (C=O) groups is 2. The number of imide groups is 1. The number of nitrogen functional groups attached to an aromatic ring is 1. The van der Waals surface area contributed by atoms with E-state index in [-0.39, 0.29) is 18.2 Å². The Bertz CT molecular complexity index is 1080. The van der Waals surface area contributed by atoms with Crippen LogP contribution in [-0.4, -0.2) is 17.9 Å². The summed E-state index contributed by atoms with van der Waals surface area (Å²) in [6, 6.07) is 24.4. The summed E-state index contributed by atoms with van der Waals surface area (Å²) in [5.74, 6) is -0.422. The van der Waals surface area contributed by atoms with Gasteiger partial charge >= 0.3 is 0 Å². The number of benzene rings is 3. The molecule has 1 atom stereocenters. The Balaban J connectivity index is 1.41. The summed E-state index contributed by atoms with van der Waals surface area (Å²) < 4.78 is 0. The molecule has 0 spiro atoms. The standard InChI is InChI=1S/C25H23N3O2/c26-21-8-4-7-20(15-21)17-27-23-16-24(29)28(25(23)30)22-13-11-19(12-14-22)10-9-18-5-2-1-3-6-18/h1-15,23,27H,16-17,26H2/b10-9+. The van der Waals surface area contributed by atoms with Gasteiger partial charge in [-0.15, -0.1) is 0 Å². The highest BCUT2D eigenvalue weighted by Gasteiger charge is 2.39. The molecule has 1 saturated heterocycles. The van der Waals surface area contributed by atoms with Crippen molar-refractivity contribution in [1.82, 2.24) is 5.32 Å². The number of carbonyl (C=O) groups excluding carboxylic acids is 2. The molecule has 1 unspecified atom stereocenters. The lowest BCUT2D eigenvalue weighted by atomic mass is 10.1. The summed E-state index contributed by atoms with van der Waals surface area (Å²) in [4.78, 5) is 26.6. The van der Waals surface area contributed by atoms with E-state index in [0.717, 1.165) is 16.7 Å². The van der Waals surface area contributed by atoms with E-state index in [0.29, 0.717) is 17.9 Å². The Kier molecular flexibility index (Phi) is 5.72. The monoisotopic (exact) mass is 397 g/mol. The average molecular weight is 397 g/mol. The molecular formula is C25H23N3O2. The maximum absolute atomic E-state index is 12.8. The molecule has 0 saturated carbocycles. The molecule has 5 heteroatoms. The topological polar surface area (TPSA) is 75.4 Å². The number of hydrogen-bond acceptors (Lipinski definition) is 4. The maximum atomic E-state index is 12.8. The second kappa shape index (κ2) is 8.76. The predicted octanol–water partition coefficient (Wildman–Crippen LogP) is 3.86. The molecule has 0 radical (unpaired) electrons. The number of hydrogen-bond donors (Lipinski definition) is 2. The normalized spacial score (nSPS) is 16.5. The fourth-order valence-corrected chi connectivity index (χ4v) is 3.50. The minimum Gasteiger partial charge on any atom is -0.399 e. The first-order chi connectivity index (χ1) is 14.6. The van der Waals surface area contributed by atoms with Gasteiger partial charge in [0.05, 0.1) is 18.2 Å². The van der Waals surface area contributed by atoms with Crippen LogP contribution in [0, 0.1) is 0 Å². The summed E-state index contributed by atoms with van der Waals surface area (Å²) >= 11 is 0. The highest BCUT2D eigenvalue weighted by atomic mass is 16.2. The van der Waals surface area contributed by atoms with Gasteiger partial charge in [0.2, 0.25) is 5.91 Å². The van der Waals surface area contributed by atoms with Crippen molar-refractivity contribution in [3.63, 3.8) is 0 Å². The van der Waals surface area contributed by atoms with E-state index < -0.39 is 6.04 Å². The van der Waals surface area contributed by atoms with E-state index in [9.17, 15) is 9.59 Å². The van der Waals surface area contributed by atoms with Crippen LogP contribution in [0.2, 0.25) is 0 Å². The zero-order chi connectivity index (χ0) is 20.9. The van der Waals surface area contributed by atoms with Crippen molar-refractivity contribution >= 4 is 35.3 Å². The summed E-state index contributed by atoms with van der Waals surface area (Å²) in [6.45, 7) is 0.478. The fourth-order valence-electron chi connectivity index (χ4n) is 3.50. The maximum Gasteiger partial charge on any atom is 0.251 e. The third kappa shape index (κ3) is 4.47. The number of nitrogens with one attached hydrogen (secondary N) is 1. The Labute approximate surface area is 175 Å². The van der Waals surface area contributed by atoms with Crippen molar-refractivity contribution in [2.45, 2.75) is 19.0 Å². The molecule has 5 nitrogen and oxygen atoms in total. The summed E-state index contributed by atoms with van der Waals surface area (Å²) in [5, 5.41) is 3.18. The van der Waals surface area contributed by atoms with E-state index in [1.807, 2.05) is 78.9 Å². The fraction of sp³-hybridized carbons (Fsp3) is 0.120. The van der Waals surface area contributed by atoms with E-state index in [1.54, 1.807) is 12.1 Å². The van der Waals surface area contributed by atoms with Crippen molar-refractivity contribution in [3.8, 4) is 0 Å². The van der Waals surface area contributed by atoms with Gasteiger partial charge in [0.15, 0.2) is 0 Å². The third-order valence-electron chi connectivity index (χ3n) is 5.07. The van der Waals surface area contributed by atoms with Crippen LogP contribution in [0.5, 0.6) is 0 Å². The Morgan fingerprint density at radius 2 is 1.60 bits per heavy atom. The van der Waals surface area contributed by atoms with Crippen molar-refractivity contribution in [3.05, 3.63) is 95.6 Å². The molecule has 2 amide bonds. The Morgan fingerprint density at radius 3 is 2.30 bits per heavy atom. The van der Waals surface area contributed by atoms with Gasteiger partial charge in [-0.2, -0.15) is 0 Å². The molecule has 150 valence electrons. The van der Waals surface area contributed by atoms with E-state index in [2.05, 4.69) is 5.32 Å². The van der Waals surface area contributed by atoms with Crippen LogP contribution >= 0.6 is 0 Å². The molecule has 1 aliphatic rings. The Hall–Kier alpha value is -3.70. The molecule has 1 aliphatic heterocycles.